The second kappa shape index (κ2) is 25.6. The average molecular weight is 925 g/mol. The quantitative estimate of drug-likeness (QED) is 0.0992. The molecule has 0 radical (unpaired) electrons. The van der Waals surface area contributed by atoms with E-state index in [1.54, 1.807) is 61.1 Å². The topological polar surface area (TPSA) is 281 Å². The monoisotopic (exact) mass is 925 g/mol. The Bertz CT molecular complexity index is 1720. The van der Waals surface area contributed by atoms with E-state index < -0.39 is 60.0 Å². The molecule has 0 spiro atoms. The van der Waals surface area contributed by atoms with Gasteiger partial charge in [0.25, 0.3) is 0 Å². The maximum atomic E-state index is 12.5. The first kappa shape index (κ1) is 54.3. The van der Waals surface area contributed by atoms with Crippen LogP contribution in [0.4, 0.5) is 14.4 Å². The molecule has 7 N–H and O–H groups in total. The third-order valence-electron chi connectivity index (χ3n) is 11.0. The van der Waals surface area contributed by atoms with Crippen LogP contribution in [0, 0.1) is 0 Å². The summed E-state index contributed by atoms with van der Waals surface area (Å²) < 4.78 is 27.3. The maximum absolute atomic E-state index is 12.5. The van der Waals surface area contributed by atoms with E-state index in [1.807, 2.05) is 0 Å². The minimum absolute atomic E-state index is 0.0427. The van der Waals surface area contributed by atoms with Crippen molar-refractivity contribution in [3.63, 3.8) is 0 Å². The van der Waals surface area contributed by atoms with Crippen molar-refractivity contribution in [2.75, 3.05) is 80.8 Å². The summed E-state index contributed by atoms with van der Waals surface area (Å²) in [5.74, 6) is -2.56. The summed E-state index contributed by atoms with van der Waals surface area (Å²) in [6.45, 7) is 11.3. The van der Waals surface area contributed by atoms with Crippen molar-refractivity contribution in [2.24, 2.45) is 5.73 Å². The minimum Gasteiger partial charge on any atom is -0.478 e. The Morgan fingerprint density at radius 2 is 1.12 bits per heavy atom. The molecule has 4 aliphatic rings. The molecular weight excluding hydrogens is 853 g/mol. The number of piperidine rings is 2. The van der Waals surface area contributed by atoms with E-state index in [0.717, 1.165) is 32.2 Å². The van der Waals surface area contributed by atoms with E-state index >= 15 is 0 Å². The molecule has 0 unspecified atom stereocenters. The van der Waals surface area contributed by atoms with Crippen LogP contribution in [0.25, 0.3) is 0 Å². The van der Waals surface area contributed by atoms with Gasteiger partial charge in [-0.1, -0.05) is 12.2 Å². The third kappa shape index (κ3) is 18.4. The highest BCUT2D eigenvalue weighted by molar-refractivity contribution is 5.88. The lowest BCUT2D eigenvalue weighted by molar-refractivity contribution is -0.134. The molecule has 0 aromatic heterocycles. The number of aliphatic carboxylic acids is 2. The Labute approximate surface area is 381 Å². The number of rotatable bonds is 15. The first-order valence-electron chi connectivity index (χ1n) is 22.0. The van der Waals surface area contributed by atoms with E-state index in [1.165, 1.54) is 23.6 Å². The SMILES string of the molecule is CC(=O)N[C@@H]1[C@@H](NC(=O)OC(C)(C)C)CC(C(=O)O)=C[C@H]1N1CCC[C@H](OCCOC(=O)N(C)C)C1.CC(=O)N[C@H]1[C@H](N2CCC[C@H](OCCOC(=O)N(C)C)C2)C=C(C(=O)O)C[C@@H]1N. The predicted octanol–water partition coefficient (Wildman–Crippen LogP) is 1.13. The lowest BCUT2D eigenvalue weighted by atomic mass is 9.84. The van der Waals surface area contributed by atoms with Crippen molar-refractivity contribution in [3.8, 4) is 0 Å². The molecule has 0 aromatic rings. The van der Waals surface area contributed by atoms with Gasteiger partial charge in [-0.05, 0) is 66.0 Å². The summed E-state index contributed by atoms with van der Waals surface area (Å²) >= 11 is 0. The van der Waals surface area contributed by atoms with Crippen molar-refractivity contribution < 1.29 is 67.5 Å². The molecule has 22 nitrogen and oxygen atoms in total. The Kier molecular flexibility index (Phi) is 21.4. The number of carboxylic acid groups (broad SMARTS) is 2. The molecule has 0 aromatic carbocycles. The molecule has 4 rings (SSSR count). The Hall–Kier alpha value is -5.03. The Balaban J connectivity index is 0.000000353. The van der Waals surface area contributed by atoms with Crippen molar-refractivity contribution in [3.05, 3.63) is 23.3 Å². The zero-order valence-corrected chi connectivity index (χ0v) is 39.3. The van der Waals surface area contributed by atoms with Gasteiger partial charge in [-0.2, -0.15) is 0 Å². The second-order valence-electron chi connectivity index (χ2n) is 18.0. The standard InChI is InChI=1S/C24H40N4O8.C19H32N4O6/c1-15(29)25-20-18(26-22(32)36-24(2,3)4)12-16(21(30)31)13-19(20)28-9-7-8-17(14-28)34-10-11-35-23(33)27(5)6;1-12(24)21-17-15(20)9-13(18(25)26)10-16(17)23-6-4-5-14(11-23)28-7-8-29-19(27)22(2)3/h13,17-20H,7-12,14H2,1-6H3,(H,25,29)(H,26,32)(H,30,31);10,14-17H,4-9,11,20H2,1-3H3,(H,21,24)(H,25,26)/t17-,18-,19+,20+;14-,15-,16+,17+/m00/s1. The number of nitrogens with one attached hydrogen (secondary N) is 3. The molecule has 5 amide bonds. The van der Waals surface area contributed by atoms with Crippen LogP contribution in [0.2, 0.25) is 0 Å². The van der Waals surface area contributed by atoms with Gasteiger partial charge in [-0.3, -0.25) is 19.4 Å². The lowest BCUT2D eigenvalue weighted by Gasteiger charge is -2.45. The fourth-order valence-electron chi connectivity index (χ4n) is 8.11. The van der Waals surface area contributed by atoms with Gasteiger partial charge in [0.05, 0.1) is 55.6 Å². The van der Waals surface area contributed by atoms with Crippen LogP contribution < -0.4 is 21.7 Å². The normalized spacial score (nSPS) is 26.1. The van der Waals surface area contributed by atoms with E-state index in [2.05, 4.69) is 25.8 Å². The number of nitrogens with two attached hydrogens (primary N) is 1. The van der Waals surface area contributed by atoms with Gasteiger partial charge in [0.1, 0.15) is 18.8 Å². The van der Waals surface area contributed by atoms with Crippen LogP contribution in [-0.4, -0.2) is 207 Å². The number of nitrogens with zero attached hydrogens (tertiary/aromatic N) is 4. The van der Waals surface area contributed by atoms with Crippen LogP contribution in [0.1, 0.15) is 73.1 Å². The summed E-state index contributed by atoms with van der Waals surface area (Å²) in [6, 6.07) is -2.89. The number of carbonyl (C=O) groups excluding carboxylic acids is 5. The molecule has 2 fully saturated rings. The number of amides is 5. The van der Waals surface area contributed by atoms with Crippen molar-refractivity contribution >= 4 is 42.0 Å². The molecule has 368 valence electrons. The molecule has 8 atom stereocenters. The van der Waals surface area contributed by atoms with Crippen molar-refractivity contribution in [2.45, 2.75) is 127 Å². The smallest absolute Gasteiger partial charge is 0.409 e. The highest BCUT2D eigenvalue weighted by atomic mass is 16.6. The average Bonchev–Trinajstić information content (AvgIpc) is 3.21. The summed E-state index contributed by atoms with van der Waals surface area (Å²) in [7, 11) is 6.42. The molecule has 22 heteroatoms. The zero-order valence-electron chi connectivity index (χ0n) is 39.3. The van der Waals surface area contributed by atoms with Gasteiger partial charge in [0.15, 0.2) is 0 Å². The molecule has 2 saturated heterocycles. The molecule has 2 heterocycles. The van der Waals surface area contributed by atoms with Crippen LogP contribution in [0.3, 0.4) is 0 Å². The van der Waals surface area contributed by atoms with E-state index in [9.17, 15) is 43.8 Å². The fourth-order valence-corrected chi connectivity index (χ4v) is 8.11. The van der Waals surface area contributed by atoms with Gasteiger partial charge >= 0.3 is 30.2 Å². The zero-order chi connectivity index (χ0) is 48.6. The van der Waals surface area contributed by atoms with Crippen LogP contribution in [-0.2, 0) is 42.9 Å². The maximum Gasteiger partial charge on any atom is 0.409 e. The number of alkyl carbamates (subject to hydrolysis) is 1. The van der Waals surface area contributed by atoms with Gasteiger partial charge < -0.3 is 65.4 Å². The van der Waals surface area contributed by atoms with Gasteiger partial charge in [0, 0.05) is 78.7 Å². The summed E-state index contributed by atoms with van der Waals surface area (Å²) in [5.41, 5.74) is 5.90. The number of hydrogen-bond acceptors (Lipinski definition) is 15. The van der Waals surface area contributed by atoms with Gasteiger partial charge in [-0.25, -0.2) is 24.0 Å². The van der Waals surface area contributed by atoms with E-state index in [4.69, 9.17) is 29.4 Å². The molecular formula is C43H72N8O14. The van der Waals surface area contributed by atoms with Crippen LogP contribution in [0.15, 0.2) is 23.3 Å². The lowest BCUT2D eigenvalue weighted by Crippen LogP contribution is -2.64. The van der Waals surface area contributed by atoms with Crippen molar-refractivity contribution in [1.82, 2.24) is 35.6 Å². The van der Waals surface area contributed by atoms with E-state index in [-0.39, 0.29) is 86.5 Å². The Morgan fingerprint density at radius 1 is 0.692 bits per heavy atom. The molecule has 0 bridgehead atoms. The minimum atomic E-state index is -1.08. The number of likely N-dealkylation sites (tertiary alicyclic amines) is 2. The van der Waals surface area contributed by atoms with Crippen LogP contribution in [0.5, 0.6) is 0 Å². The highest BCUT2D eigenvalue weighted by Crippen LogP contribution is 2.29. The molecule has 65 heavy (non-hydrogen) atoms. The van der Waals surface area contributed by atoms with Crippen molar-refractivity contribution in [1.29, 1.82) is 0 Å². The molecule has 2 aliphatic carbocycles. The number of ether oxygens (including phenoxy) is 5. The number of carboxylic acids is 2. The number of carbonyl (C=O) groups is 7. The second-order valence-corrected chi connectivity index (χ2v) is 18.0. The summed E-state index contributed by atoms with van der Waals surface area (Å²) in [5, 5.41) is 27.7. The highest BCUT2D eigenvalue weighted by Gasteiger charge is 2.42. The van der Waals surface area contributed by atoms with Gasteiger partial charge in [-0.15, -0.1) is 0 Å². The molecule has 2 aliphatic heterocycles. The summed E-state index contributed by atoms with van der Waals surface area (Å²) in [4.78, 5) is 89.5. The van der Waals surface area contributed by atoms with Crippen LogP contribution >= 0.6 is 0 Å². The first-order valence-corrected chi connectivity index (χ1v) is 22.0. The third-order valence-corrected chi connectivity index (χ3v) is 11.0. The Morgan fingerprint density at radius 3 is 1.54 bits per heavy atom. The number of hydrogen-bond donors (Lipinski definition) is 6. The predicted molar refractivity (Wildman–Crippen MR) is 236 cm³/mol. The summed E-state index contributed by atoms with van der Waals surface area (Å²) in [6.07, 6.45) is 5.16. The molecule has 0 saturated carbocycles. The van der Waals surface area contributed by atoms with E-state index in [0.29, 0.717) is 19.6 Å². The first-order chi connectivity index (χ1) is 30.4. The van der Waals surface area contributed by atoms with Gasteiger partial charge in [0.2, 0.25) is 11.8 Å². The fraction of sp³-hybridized carbons (Fsp3) is 0.744. The largest absolute Gasteiger partial charge is 0.478 e.